The van der Waals surface area contributed by atoms with Crippen LogP contribution < -0.4 is 4.74 Å². The molecule has 2 aromatic carbocycles. The molecular weight excluding hydrogens is 366 g/mol. The Balaban J connectivity index is 2.04. The van der Waals surface area contributed by atoms with Gasteiger partial charge in [0.15, 0.2) is 11.3 Å². The van der Waals surface area contributed by atoms with E-state index in [1.807, 2.05) is 20.8 Å². The highest BCUT2D eigenvalue weighted by Crippen LogP contribution is 2.26. The molecule has 0 saturated heterocycles. The Morgan fingerprint density at radius 3 is 2.28 bits per heavy atom. The molecule has 1 N–H and O–H groups in total. The molecule has 0 amide bonds. The van der Waals surface area contributed by atoms with Gasteiger partial charge in [-0.05, 0) is 64.8 Å². The number of benzene rings is 2. The van der Waals surface area contributed by atoms with Crippen molar-refractivity contribution in [2.45, 2.75) is 51.6 Å². The van der Waals surface area contributed by atoms with Crippen molar-refractivity contribution in [3.05, 3.63) is 59.7 Å². The third-order valence-corrected chi connectivity index (χ3v) is 4.16. The molecule has 0 aliphatic carbocycles. The highest BCUT2D eigenvalue weighted by atomic mass is 16.5. The molecular formula is C23H27N3O3. The summed E-state index contributed by atoms with van der Waals surface area (Å²) >= 11 is 0. The van der Waals surface area contributed by atoms with Crippen molar-refractivity contribution in [3.63, 3.8) is 0 Å². The lowest BCUT2D eigenvalue weighted by Gasteiger charge is -2.18. The van der Waals surface area contributed by atoms with Gasteiger partial charge in [0, 0.05) is 0 Å². The molecule has 0 aromatic heterocycles. The maximum absolute atomic E-state index is 12.8. The zero-order chi connectivity index (χ0) is 21.5. The van der Waals surface area contributed by atoms with Crippen LogP contribution in [0.25, 0.3) is 0 Å². The number of hydrogen-bond acceptors (Lipinski definition) is 6. The van der Waals surface area contributed by atoms with Gasteiger partial charge in [-0.15, -0.1) is 0 Å². The van der Waals surface area contributed by atoms with Crippen LogP contribution in [-0.2, 0) is 0 Å². The monoisotopic (exact) mass is 393 g/mol. The number of nitriles is 1. The lowest BCUT2D eigenvalue weighted by atomic mass is 9.99. The van der Waals surface area contributed by atoms with Crippen LogP contribution in [0.15, 0.2) is 58.8 Å². The molecule has 0 spiro atoms. The predicted molar refractivity (Wildman–Crippen MR) is 111 cm³/mol. The average molecular weight is 393 g/mol. The van der Waals surface area contributed by atoms with Gasteiger partial charge in [0.05, 0.1) is 29.3 Å². The third-order valence-electron chi connectivity index (χ3n) is 4.16. The summed E-state index contributed by atoms with van der Waals surface area (Å²) in [5.41, 5.74) is -0.647. The van der Waals surface area contributed by atoms with Crippen molar-refractivity contribution in [2.24, 2.45) is 10.2 Å². The van der Waals surface area contributed by atoms with Crippen molar-refractivity contribution >= 4 is 5.78 Å². The van der Waals surface area contributed by atoms with Gasteiger partial charge in [0.25, 0.3) is 0 Å². The Hall–Kier alpha value is -3.20. The van der Waals surface area contributed by atoms with E-state index in [1.54, 1.807) is 49.4 Å². The van der Waals surface area contributed by atoms with Crippen LogP contribution in [0, 0.1) is 11.3 Å². The molecule has 1 atom stereocenters. The lowest BCUT2D eigenvalue weighted by Crippen LogP contribution is -2.22. The van der Waals surface area contributed by atoms with E-state index in [2.05, 4.69) is 16.3 Å². The fourth-order valence-electron chi connectivity index (χ4n) is 2.58. The fraction of sp³-hybridized carbons (Fsp3) is 0.391. The number of aromatic hydroxyl groups is 1. The van der Waals surface area contributed by atoms with Crippen LogP contribution >= 0.6 is 0 Å². The van der Waals surface area contributed by atoms with E-state index < -0.39 is 5.54 Å². The van der Waals surface area contributed by atoms with E-state index in [0.29, 0.717) is 30.8 Å². The summed E-state index contributed by atoms with van der Waals surface area (Å²) in [6.07, 6.45) is 1.06. The van der Waals surface area contributed by atoms with Gasteiger partial charge in [0.2, 0.25) is 0 Å². The quantitative estimate of drug-likeness (QED) is 0.373. The maximum atomic E-state index is 12.8. The third kappa shape index (κ3) is 6.42. The van der Waals surface area contributed by atoms with E-state index in [4.69, 9.17) is 4.74 Å². The average Bonchev–Trinajstić information content (AvgIpc) is 2.69. The Labute approximate surface area is 171 Å². The van der Waals surface area contributed by atoms with Gasteiger partial charge < -0.3 is 9.84 Å². The zero-order valence-corrected chi connectivity index (χ0v) is 17.3. The first-order valence-electron chi connectivity index (χ1n) is 9.55. The smallest absolute Gasteiger partial charge is 0.200 e. The van der Waals surface area contributed by atoms with Crippen LogP contribution in [0.5, 0.6) is 11.5 Å². The number of ether oxygens (including phenoxy) is 1. The van der Waals surface area contributed by atoms with Crippen LogP contribution in [0.2, 0.25) is 0 Å². The van der Waals surface area contributed by atoms with Gasteiger partial charge in [0.1, 0.15) is 11.5 Å². The number of para-hydroxylation sites is 2. The number of nitrogens with zero attached hydrogens (tertiary/aromatic N) is 3. The molecule has 29 heavy (non-hydrogen) atoms. The number of phenols is 1. The molecule has 0 aliphatic heterocycles. The molecule has 6 nitrogen and oxygen atoms in total. The summed E-state index contributed by atoms with van der Waals surface area (Å²) in [7, 11) is 0. The van der Waals surface area contributed by atoms with E-state index in [1.165, 1.54) is 6.07 Å². The molecule has 6 heteroatoms. The minimum Gasteiger partial charge on any atom is -0.507 e. The summed E-state index contributed by atoms with van der Waals surface area (Å²) in [6.45, 7) is 7.85. The Morgan fingerprint density at radius 1 is 1.03 bits per heavy atom. The molecule has 1 unspecified atom stereocenters. The van der Waals surface area contributed by atoms with Crippen LogP contribution in [0.1, 0.15) is 56.5 Å². The van der Waals surface area contributed by atoms with E-state index in [0.717, 1.165) is 0 Å². The molecule has 0 aliphatic rings. The predicted octanol–water partition coefficient (Wildman–Crippen LogP) is 5.32. The van der Waals surface area contributed by atoms with Crippen molar-refractivity contribution in [1.29, 1.82) is 5.26 Å². The first-order chi connectivity index (χ1) is 13.7. The van der Waals surface area contributed by atoms with Gasteiger partial charge >= 0.3 is 0 Å². The summed E-state index contributed by atoms with van der Waals surface area (Å²) in [5.74, 6) is 0.0663. The minimum atomic E-state index is -0.915. The molecule has 152 valence electrons. The molecule has 0 bridgehead atoms. The Kier molecular flexibility index (Phi) is 7.11. The number of azo groups is 1. The van der Waals surface area contributed by atoms with Crippen molar-refractivity contribution in [3.8, 4) is 17.6 Å². The largest absolute Gasteiger partial charge is 0.507 e. The summed E-state index contributed by atoms with van der Waals surface area (Å²) in [5, 5.41) is 27.8. The molecule has 2 aromatic rings. The first kappa shape index (κ1) is 22.1. The standard InChI is InChI=1S/C23H27N3O3/c1-22(2,3)25-26-23(4,16-24)14-9-15-29-20-13-8-6-11-18(20)21(28)17-10-5-7-12-19(17)27/h5-8,10-13,27H,9,14-15H2,1-4H3. The molecule has 2 rings (SSSR count). The normalized spacial score (nSPS) is 13.6. The van der Waals surface area contributed by atoms with Crippen LogP contribution in [0.3, 0.4) is 0 Å². The summed E-state index contributed by atoms with van der Waals surface area (Å²) < 4.78 is 5.82. The molecule has 0 saturated carbocycles. The number of hydrogen-bond donors (Lipinski definition) is 1. The Bertz CT molecular complexity index is 925. The van der Waals surface area contributed by atoms with Gasteiger partial charge in [-0.1, -0.05) is 24.3 Å². The highest BCUT2D eigenvalue weighted by molar-refractivity contribution is 6.12. The van der Waals surface area contributed by atoms with Gasteiger partial charge in [-0.2, -0.15) is 15.5 Å². The van der Waals surface area contributed by atoms with Gasteiger partial charge in [-0.3, -0.25) is 4.79 Å². The second-order valence-corrected chi connectivity index (χ2v) is 8.05. The Morgan fingerprint density at radius 2 is 1.66 bits per heavy atom. The second kappa shape index (κ2) is 9.33. The first-order valence-corrected chi connectivity index (χ1v) is 9.55. The lowest BCUT2D eigenvalue weighted by molar-refractivity contribution is 0.103. The summed E-state index contributed by atoms with van der Waals surface area (Å²) in [6, 6.07) is 15.5. The second-order valence-electron chi connectivity index (χ2n) is 8.05. The fourth-order valence-corrected chi connectivity index (χ4v) is 2.58. The molecule has 0 radical (unpaired) electrons. The highest BCUT2D eigenvalue weighted by Gasteiger charge is 2.24. The number of carbonyl (C=O) groups is 1. The zero-order valence-electron chi connectivity index (χ0n) is 17.3. The summed E-state index contributed by atoms with van der Waals surface area (Å²) in [4.78, 5) is 12.8. The van der Waals surface area contributed by atoms with Crippen LogP contribution in [0.4, 0.5) is 0 Å². The topological polar surface area (TPSA) is 95.0 Å². The van der Waals surface area contributed by atoms with Crippen molar-refractivity contribution < 1.29 is 14.6 Å². The van der Waals surface area contributed by atoms with Gasteiger partial charge in [-0.25, -0.2) is 0 Å². The van der Waals surface area contributed by atoms with E-state index in [-0.39, 0.29) is 22.6 Å². The SMILES string of the molecule is CC(C)(C)N=NC(C)(C#N)CCCOc1ccccc1C(=O)c1ccccc1O. The number of carbonyl (C=O) groups excluding carboxylic acids is 1. The van der Waals surface area contributed by atoms with Crippen molar-refractivity contribution in [2.75, 3.05) is 6.61 Å². The van der Waals surface area contributed by atoms with Crippen molar-refractivity contribution in [1.82, 2.24) is 0 Å². The van der Waals surface area contributed by atoms with E-state index >= 15 is 0 Å². The number of ketones is 1. The maximum Gasteiger partial charge on any atom is 0.200 e. The molecule has 0 heterocycles. The minimum absolute atomic E-state index is 0.0682. The number of phenolic OH excluding ortho intramolecular Hbond substituents is 1. The van der Waals surface area contributed by atoms with Crippen LogP contribution in [-0.4, -0.2) is 28.6 Å². The number of rotatable bonds is 8. The molecule has 0 fully saturated rings. The van der Waals surface area contributed by atoms with E-state index in [9.17, 15) is 15.2 Å².